The number of nitrogens with zero attached hydrogens (tertiary/aromatic N) is 4. The van der Waals surface area contributed by atoms with Crippen molar-refractivity contribution >= 4 is 27.6 Å². The summed E-state index contributed by atoms with van der Waals surface area (Å²) in [5.74, 6) is 0.483. The molecule has 1 aliphatic rings. The van der Waals surface area contributed by atoms with Gasteiger partial charge in [-0.05, 0) is 70.4 Å². The van der Waals surface area contributed by atoms with Gasteiger partial charge in [0.1, 0.15) is 11.6 Å². The standard InChI is InChI=1S/C26H32N6O4S/c1-16(2)36-22-12-9-18(15-28-22)20-11-10-19(24(29-20)32-14-13-17(3)26(32,4)5)25(33)31-37(34,35)23-8-6-7-21(27)30-23/h6-12,15-17H,13-14H2,1-5H3,(H2,27,30)(H,31,33)/t17-/m0/s1. The molecule has 0 aromatic carbocycles. The maximum absolute atomic E-state index is 13.3. The SMILES string of the molecule is CC(C)Oc1ccc(-c2ccc(C(=O)NS(=O)(=O)c3cccc(N)n3)c(N3CC[C@H](C)C3(C)C)n2)cn1. The van der Waals surface area contributed by atoms with Gasteiger partial charge in [-0.2, -0.15) is 8.42 Å². The lowest BCUT2D eigenvalue weighted by Crippen LogP contribution is -2.43. The molecule has 1 amide bonds. The number of hydrogen-bond acceptors (Lipinski definition) is 9. The number of nitrogens with two attached hydrogens (primary N) is 1. The fraction of sp³-hybridized carbons (Fsp3) is 0.385. The summed E-state index contributed by atoms with van der Waals surface area (Å²) < 4.78 is 33.5. The fourth-order valence-electron chi connectivity index (χ4n) is 4.25. The molecule has 11 heteroatoms. The predicted octanol–water partition coefficient (Wildman–Crippen LogP) is 3.65. The quantitative estimate of drug-likeness (QED) is 0.474. The molecule has 1 atom stereocenters. The molecule has 3 aromatic heterocycles. The number of aromatic nitrogens is 3. The number of pyridine rings is 3. The Morgan fingerprint density at radius 2 is 1.92 bits per heavy atom. The van der Waals surface area contributed by atoms with E-state index in [1.54, 1.807) is 24.4 Å². The number of amides is 1. The van der Waals surface area contributed by atoms with E-state index in [-0.39, 0.29) is 28.1 Å². The van der Waals surface area contributed by atoms with Crippen LogP contribution < -0.4 is 20.1 Å². The molecule has 3 aromatic rings. The molecule has 3 N–H and O–H groups in total. The molecule has 4 heterocycles. The molecule has 0 unspecified atom stereocenters. The Kier molecular flexibility index (Phi) is 7.09. The summed E-state index contributed by atoms with van der Waals surface area (Å²) in [6.07, 6.45) is 2.57. The molecule has 0 aliphatic carbocycles. The van der Waals surface area contributed by atoms with Gasteiger partial charge >= 0.3 is 0 Å². The molecule has 1 saturated heterocycles. The highest BCUT2D eigenvalue weighted by Crippen LogP contribution is 2.39. The number of carbonyl (C=O) groups excluding carboxylic acids is 1. The number of anilines is 2. The van der Waals surface area contributed by atoms with Crippen LogP contribution in [0, 0.1) is 5.92 Å². The van der Waals surface area contributed by atoms with Gasteiger partial charge in [0.2, 0.25) is 5.88 Å². The smallest absolute Gasteiger partial charge is 0.281 e. The van der Waals surface area contributed by atoms with Crippen molar-refractivity contribution in [2.45, 2.75) is 57.7 Å². The van der Waals surface area contributed by atoms with Crippen LogP contribution in [0.3, 0.4) is 0 Å². The Labute approximate surface area is 217 Å². The summed E-state index contributed by atoms with van der Waals surface area (Å²) in [4.78, 5) is 28.4. The normalized spacial score (nSPS) is 17.1. The van der Waals surface area contributed by atoms with Gasteiger partial charge in [0.05, 0.1) is 17.4 Å². The van der Waals surface area contributed by atoms with Crippen molar-refractivity contribution < 1.29 is 17.9 Å². The van der Waals surface area contributed by atoms with Gasteiger partial charge in [-0.15, -0.1) is 0 Å². The van der Waals surface area contributed by atoms with Gasteiger partial charge < -0.3 is 15.4 Å². The second-order valence-corrected chi connectivity index (χ2v) is 11.6. The van der Waals surface area contributed by atoms with E-state index in [2.05, 4.69) is 40.4 Å². The molecule has 10 nitrogen and oxygen atoms in total. The number of hydrogen-bond donors (Lipinski definition) is 2. The zero-order chi connectivity index (χ0) is 27.0. The number of carbonyl (C=O) groups is 1. The van der Waals surface area contributed by atoms with E-state index in [0.717, 1.165) is 12.0 Å². The molecule has 1 fully saturated rings. The van der Waals surface area contributed by atoms with E-state index in [1.807, 2.05) is 19.9 Å². The first-order valence-electron chi connectivity index (χ1n) is 12.1. The van der Waals surface area contributed by atoms with Crippen LogP contribution in [0.1, 0.15) is 51.4 Å². The first-order chi connectivity index (χ1) is 17.4. The molecule has 37 heavy (non-hydrogen) atoms. The van der Waals surface area contributed by atoms with Gasteiger partial charge in [0.15, 0.2) is 5.03 Å². The lowest BCUT2D eigenvalue weighted by atomic mass is 9.90. The minimum Gasteiger partial charge on any atom is -0.475 e. The van der Waals surface area contributed by atoms with Crippen LogP contribution in [0.15, 0.2) is 53.7 Å². The monoisotopic (exact) mass is 524 g/mol. The first kappa shape index (κ1) is 26.3. The Bertz CT molecular complexity index is 1410. The summed E-state index contributed by atoms with van der Waals surface area (Å²) in [7, 11) is -4.25. The van der Waals surface area contributed by atoms with Crippen LogP contribution in [0.4, 0.5) is 11.6 Å². The number of rotatable bonds is 7. The molecule has 0 bridgehead atoms. The Balaban J connectivity index is 1.73. The van der Waals surface area contributed by atoms with Gasteiger partial charge in [0.25, 0.3) is 15.9 Å². The summed E-state index contributed by atoms with van der Waals surface area (Å²) >= 11 is 0. The second kappa shape index (κ2) is 9.97. The molecule has 4 rings (SSSR count). The van der Waals surface area contributed by atoms with Crippen LogP contribution >= 0.6 is 0 Å². The molecule has 1 aliphatic heterocycles. The van der Waals surface area contributed by atoms with E-state index in [9.17, 15) is 13.2 Å². The van der Waals surface area contributed by atoms with Crippen LogP contribution in [-0.2, 0) is 10.0 Å². The molecular formula is C26H32N6O4S. The summed E-state index contributed by atoms with van der Waals surface area (Å²) in [6, 6.07) is 11.1. The average molecular weight is 525 g/mol. The van der Waals surface area contributed by atoms with E-state index in [1.165, 1.54) is 18.2 Å². The van der Waals surface area contributed by atoms with E-state index < -0.39 is 15.9 Å². The maximum Gasteiger partial charge on any atom is 0.281 e. The van der Waals surface area contributed by atoms with Crippen molar-refractivity contribution in [3.05, 3.63) is 54.2 Å². The fourth-order valence-corrected chi connectivity index (χ4v) is 5.20. The van der Waals surface area contributed by atoms with Crippen molar-refractivity contribution in [3.8, 4) is 17.1 Å². The first-order valence-corrected chi connectivity index (χ1v) is 13.6. The lowest BCUT2D eigenvalue weighted by molar-refractivity contribution is 0.0981. The predicted molar refractivity (Wildman–Crippen MR) is 142 cm³/mol. The molecule has 196 valence electrons. The lowest BCUT2D eigenvalue weighted by Gasteiger charge is -2.36. The third kappa shape index (κ3) is 5.51. The van der Waals surface area contributed by atoms with Crippen molar-refractivity contribution in [1.82, 2.24) is 19.7 Å². The van der Waals surface area contributed by atoms with Crippen molar-refractivity contribution in [3.63, 3.8) is 0 Å². The van der Waals surface area contributed by atoms with Crippen LogP contribution in [0.2, 0.25) is 0 Å². The number of nitrogens with one attached hydrogen (secondary N) is 1. The van der Waals surface area contributed by atoms with Gasteiger partial charge in [0, 0.05) is 29.9 Å². The largest absolute Gasteiger partial charge is 0.475 e. The highest BCUT2D eigenvalue weighted by atomic mass is 32.2. The molecule has 0 saturated carbocycles. The molecular weight excluding hydrogens is 492 g/mol. The zero-order valence-electron chi connectivity index (χ0n) is 21.6. The third-order valence-electron chi connectivity index (χ3n) is 6.70. The second-order valence-electron chi connectivity index (χ2n) is 9.95. The van der Waals surface area contributed by atoms with Crippen molar-refractivity contribution in [2.75, 3.05) is 17.2 Å². The van der Waals surface area contributed by atoms with E-state index >= 15 is 0 Å². The van der Waals surface area contributed by atoms with E-state index in [4.69, 9.17) is 15.5 Å². The highest BCUT2D eigenvalue weighted by molar-refractivity contribution is 7.90. The van der Waals surface area contributed by atoms with Gasteiger partial charge in [-0.3, -0.25) is 4.79 Å². The van der Waals surface area contributed by atoms with Crippen LogP contribution in [0.25, 0.3) is 11.3 Å². The zero-order valence-corrected chi connectivity index (χ0v) is 22.4. The maximum atomic E-state index is 13.3. The molecule has 0 spiro atoms. The Morgan fingerprint density at radius 3 is 2.51 bits per heavy atom. The minimum atomic E-state index is -4.25. The number of sulfonamides is 1. The average Bonchev–Trinajstić information content (AvgIpc) is 3.10. The minimum absolute atomic E-state index is 0.000864. The van der Waals surface area contributed by atoms with Crippen LogP contribution in [0.5, 0.6) is 5.88 Å². The van der Waals surface area contributed by atoms with Crippen molar-refractivity contribution in [1.29, 1.82) is 0 Å². The number of ether oxygens (including phenoxy) is 1. The Morgan fingerprint density at radius 1 is 1.16 bits per heavy atom. The summed E-state index contributed by atoms with van der Waals surface area (Å²) in [6.45, 7) is 10.9. The number of nitrogen functional groups attached to an aromatic ring is 1. The Hall–Kier alpha value is -3.73. The molecule has 0 radical (unpaired) electrons. The van der Waals surface area contributed by atoms with E-state index in [0.29, 0.717) is 29.9 Å². The van der Waals surface area contributed by atoms with Crippen molar-refractivity contribution in [2.24, 2.45) is 5.92 Å². The topological polar surface area (TPSA) is 140 Å². The van der Waals surface area contributed by atoms with Gasteiger partial charge in [-0.25, -0.2) is 19.7 Å². The van der Waals surface area contributed by atoms with Crippen LogP contribution in [-0.4, -0.2) is 47.5 Å². The van der Waals surface area contributed by atoms with Gasteiger partial charge in [-0.1, -0.05) is 13.0 Å². The highest BCUT2D eigenvalue weighted by Gasteiger charge is 2.41. The summed E-state index contributed by atoms with van der Waals surface area (Å²) in [5.41, 5.74) is 6.82. The summed E-state index contributed by atoms with van der Waals surface area (Å²) in [5, 5.41) is -0.336. The third-order valence-corrected chi connectivity index (χ3v) is 7.93.